The standard InChI is InChI=1S/C15H24N2O2S/c1-9(2)13(18)14-12(16)11(10-5-6-10)15(20-14)17(3)7-8-19-4/h9-10H,5-8,16H2,1-4H3. The summed E-state index contributed by atoms with van der Waals surface area (Å²) in [4.78, 5) is 15.2. The quantitative estimate of drug-likeness (QED) is 0.785. The lowest BCUT2D eigenvalue weighted by Crippen LogP contribution is -2.22. The highest BCUT2D eigenvalue weighted by atomic mass is 32.1. The molecule has 0 atom stereocenters. The van der Waals surface area contributed by atoms with Gasteiger partial charge in [0.25, 0.3) is 0 Å². The summed E-state index contributed by atoms with van der Waals surface area (Å²) in [6, 6.07) is 0. The second-order valence-corrected chi connectivity index (χ2v) is 6.77. The number of thiophene rings is 1. The first-order valence-corrected chi connectivity index (χ1v) is 7.95. The maximum atomic E-state index is 12.3. The number of hydrogen-bond donors (Lipinski definition) is 1. The number of ether oxygens (including phenoxy) is 1. The first kappa shape index (κ1) is 15.3. The zero-order chi connectivity index (χ0) is 14.9. The van der Waals surface area contributed by atoms with Crippen LogP contribution in [0.25, 0.3) is 0 Å². The fraction of sp³-hybridized carbons (Fsp3) is 0.667. The molecule has 0 unspecified atom stereocenters. The van der Waals surface area contributed by atoms with Crippen LogP contribution in [0.2, 0.25) is 0 Å². The van der Waals surface area contributed by atoms with Gasteiger partial charge in [-0.15, -0.1) is 11.3 Å². The molecule has 1 aromatic heterocycles. The molecular formula is C15H24N2O2S. The van der Waals surface area contributed by atoms with Crippen LogP contribution in [0.3, 0.4) is 0 Å². The Morgan fingerprint density at radius 3 is 2.65 bits per heavy atom. The molecular weight excluding hydrogens is 272 g/mol. The Morgan fingerprint density at radius 1 is 1.50 bits per heavy atom. The minimum absolute atomic E-state index is 0.0138. The lowest BCUT2D eigenvalue weighted by Gasteiger charge is -2.18. The smallest absolute Gasteiger partial charge is 0.177 e. The normalized spacial score (nSPS) is 14.8. The van der Waals surface area contributed by atoms with Gasteiger partial charge in [-0.3, -0.25) is 4.79 Å². The zero-order valence-electron chi connectivity index (χ0n) is 12.7. The van der Waals surface area contributed by atoms with Gasteiger partial charge in [0.15, 0.2) is 5.78 Å². The number of anilines is 2. The summed E-state index contributed by atoms with van der Waals surface area (Å²) in [5.74, 6) is 0.681. The maximum Gasteiger partial charge on any atom is 0.177 e. The molecule has 0 saturated heterocycles. The molecule has 0 aromatic carbocycles. The summed E-state index contributed by atoms with van der Waals surface area (Å²) in [6.45, 7) is 5.33. The van der Waals surface area contributed by atoms with Crippen molar-refractivity contribution in [2.75, 3.05) is 37.9 Å². The van der Waals surface area contributed by atoms with E-state index in [1.165, 1.54) is 18.4 Å². The van der Waals surface area contributed by atoms with Crippen LogP contribution in [0.5, 0.6) is 0 Å². The van der Waals surface area contributed by atoms with Gasteiger partial charge in [-0.1, -0.05) is 13.8 Å². The number of hydrogen-bond acceptors (Lipinski definition) is 5. The van der Waals surface area contributed by atoms with E-state index in [2.05, 4.69) is 4.90 Å². The van der Waals surface area contributed by atoms with E-state index in [1.54, 1.807) is 18.4 Å². The Labute approximate surface area is 124 Å². The molecule has 0 amide bonds. The van der Waals surface area contributed by atoms with Gasteiger partial charge < -0.3 is 15.4 Å². The van der Waals surface area contributed by atoms with E-state index >= 15 is 0 Å². The number of ketones is 1. The third kappa shape index (κ3) is 2.99. The SMILES string of the molecule is COCCN(C)c1sc(C(=O)C(C)C)c(N)c1C1CC1. The van der Waals surface area contributed by atoms with Gasteiger partial charge in [-0.05, 0) is 18.8 Å². The van der Waals surface area contributed by atoms with Crippen molar-refractivity contribution in [3.8, 4) is 0 Å². The van der Waals surface area contributed by atoms with Crippen LogP contribution in [0.4, 0.5) is 10.7 Å². The molecule has 5 heteroatoms. The summed E-state index contributed by atoms with van der Waals surface area (Å²) in [7, 11) is 3.74. The molecule has 4 nitrogen and oxygen atoms in total. The van der Waals surface area contributed by atoms with E-state index in [4.69, 9.17) is 10.5 Å². The summed E-state index contributed by atoms with van der Waals surface area (Å²) in [5.41, 5.74) is 8.19. The van der Waals surface area contributed by atoms with Crippen LogP contribution in [-0.2, 0) is 4.74 Å². The van der Waals surface area contributed by atoms with E-state index in [-0.39, 0.29) is 11.7 Å². The van der Waals surface area contributed by atoms with Crippen molar-refractivity contribution in [2.45, 2.75) is 32.6 Å². The Kier molecular flexibility index (Phi) is 4.70. The second kappa shape index (κ2) is 6.14. The Hall–Kier alpha value is -1.07. The van der Waals surface area contributed by atoms with E-state index in [0.29, 0.717) is 12.5 Å². The summed E-state index contributed by atoms with van der Waals surface area (Å²) < 4.78 is 5.14. The number of likely N-dealkylation sites (N-methyl/N-ethyl adjacent to an activating group) is 1. The van der Waals surface area contributed by atoms with E-state index in [0.717, 1.165) is 22.1 Å². The van der Waals surface area contributed by atoms with Crippen molar-refractivity contribution in [2.24, 2.45) is 5.92 Å². The molecule has 1 aromatic rings. The van der Waals surface area contributed by atoms with Gasteiger partial charge in [0.2, 0.25) is 0 Å². The van der Waals surface area contributed by atoms with Crippen LogP contribution in [0, 0.1) is 5.92 Å². The van der Waals surface area contributed by atoms with Crippen LogP contribution < -0.4 is 10.6 Å². The van der Waals surface area contributed by atoms with Crippen LogP contribution in [-0.4, -0.2) is 33.1 Å². The number of nitrogen functional groups attached to an aromatic ring is 1. The molecule has 1 aliphatic carbocycles. The number of methoxy groups -OCH3 is 1. The van der Waals surface area contributed by atoms with Gasteiger partial charge in [0, 0.05) is 32.2 Å². The van der Waals surface area contributed by atoms with Crippen molar-refractivity contribution >= 4 is 27.8 Å². The fourth-order valence-corrected chi connectivity index (χ4v) is 3.65. The number of nitrogens with zero attached hydrogens (tertiary/aromatic N) is 1. The number of nitrogens with two attached hydrogens (primary N) is 1. The number of Topliss-reactive ketones (excluding diaryl/α,β-unsaturated/α-hetero) is 1. The van der Waals surface area contributed by atoms with Gasteiger partial charge in [-0.25, -0.2) is 0 Å². The molecule has 0 radical (unpaired) electrons. The molecule has 20 heavy (non-hydrogen) atoms. The third-order valence-corrected chi connectivity index (χ3v) is 5.03. The van der Waals surface area contributed by atoms with Gasteiger partial charge >= 0.3 is 0 Å². The van der Waals surface area contributed by atoms with E-state index < -0.39 is 0 Å². The predicted molar refractivity (Wildman–Crippen MR) is 85.0 cm³/mol. The summed E-state index contributed by atoms with van der Waals surface area (Å²) in [5, 5.41) is 1.14. The Balaban J connectivity index is 2.35. The first-order valence-electron chi connectivity index (χ1n) is 7.13. The third-order valence-electron chi connectivity index (χ3n) is 3.68. The van der Waals surface area contributed by atoms with Crippen LogP contribution in [0.15, 0.2) is 0 Å². The average Bonchev–Trinajstić information content (AvgIpc) is 3.18. The minimum atomic E-state index is -0.0138. The average molecular weight is 296 g/mol. The van der Waals surface area contributed by atoms with Crippen molar-refractivity contribution in [1.82, 2.24) is 0 Å². The molecule has 0 spiro atoms. The molecule has 0 bridgehead atoms. The minimum Gasteiger partial charge on any atom is -0.397 e. The highest BCUT2D eigenvalue weighted by Gasteiger charge is 2.34. The molecule has 112 valence electrons. The highest BCUT2D eigenvalue weighted by Crippen LogP contribution is 2.52. The number of carbonyl (C=O) groups excluding carboxylic acids is 1. The molecule has 1 saturated carbocycles. The molecule has 2 rings (SSSR count). The number of rotatable bonds is 7. The van der Waals surface area contributed by atoms with Crippen LogP contribution >= 0.6 is 11.3 Å². The molecule has 0 aliphatic heterocycles. The molecule has 1 heterocycles. The topological polar surface area (TPSA) is 55.6 Å². The molecule has 1 fully saturated rings. The maximum absolute atomic E-state index is 12.3. The van der Waals surface area contributed by atoms with Gasteiger partial charge in [0.1, 0.15) is 0 Å². The molecule has 1 aliphatic rings. The van der Waals surface area contributed by atoms with Gasteiger partial charge in [0.05, 0.1) is 22.2 Å². The predicted octanol–water partition coefficient (Wildman–Crippen LogP) is 3.13. The monoisotopic (exact) mass is 296 g/mol. The van der Waals surface area contributed by atoms with E-state index in [9.17, 15) is 4.79 Å². The van der Waals surface area contributed by atoms with Gasteiger partial charge in [-0.2, -0.15) is 0 Å². The first-order chi connectivity index (χ1) is 9.47. The lowest BCUT2D eigenvalue weighted by atomic mass is 10.0. The van der Waals surface area contributed by atoms with Crippen molar-refractivity contribution in [3.63, 3.8) is 0 Å². The largest absolute Gasteiger partial charge is 0.397 e. The summed E-state index contributed by atoms with van der Waals surface area (Å²) >= 11 is 1.55. The van der Waals surface area contributed by atoms with Crippen LogP contribution in [0.1, 0.15) is 47.8 Å². The fourth-order valence-electron chi connectivity index (χ4n) is 2.27. The number of carbonyl (C=O) groups is 1. The van der Waals surface area contributed by atoms with E-state index in [1.807, 2.05) is 20.9 Å². The lowest BCUT2D eigenvalue weighted by molar-refractivity contribution is 0.0944. The van der Waals surface area contributed by atoms with Crippen molar-refractivity contribution < 1.29 is 9.53 Å². The molecule has 2 N–H and O–H groups in total. The highest BCUT2D eigenvalue weighted by molar-refractivity contribution is 7.19. The summed E-state index contributed by atoms with van der Waals surface area (Å²) in [6.07, 6.45) is 2.36. The Bertz CT molecular complexity index is 492. The van der Waals surface area contributed by atoms with Crippen molar-refractivity contribution in [3.05, 3.63) is 10.4 Å². The second-order valence-electron chi connectivity index (χ2n) is 5.77. The van der Waals surface area contributed by atoms with Crippen molar-refractivity contribution in [1.29, 1.82) is 0 Å². The Morgan fingerprint density at radius 2 is 2.15 bits per heavy atom. The zero-order valence-corrected chi connectivity index (χ0v) is 13.5.